The van der Waals surface area contributed by atoms with Crippen LogP contribution in [0.5, 0.6) is 0 Å². The Bertz CT molecular complexity index is 664. The Hall–Kier alpha value is -0.980. The molecule has 2 aromatic heterocycles. The Balaban J connectivity index is 1.80. The molecule has 0 amide bonds. The first-order chi connectivity index (χ1) is 9.11. The third-order valence-corrected chi connectivity index (χ3v) is 4.88. The maximum Gasteiger partial charge on any atom is 0.255 e. The summed E-state index contributed by atoms with van der Waals surface area (Å²) >= 11 is 5.22. The lowest BCUT2D eigenvalue weighted by molar-refractivity contribution is 0.243. The Labute approximate surface area is 123 Å². The van der Waals surface area contributed by atoms with Crippen molar-refractivity contribution in [2.45, 2.75) is 26.4 Å². The van der Waals surface area contributed by atoms with E-state index in [0.29, 0.717) is 12.4 Å². The molecule has 3 rings (SSSR count). The molecule has 1 aliphatic heterocycles. The molecular formula is C13H14BrN3OS. The van der Waals surface area contributed by atoms with E-state index < -0.39 is 0 Å². The molecule has 2 aromatic rings. The van der Waals surface area contributed by atoms with Gasteiger partial charge in [-0.25, -0.2) is 4.98 Å². The zero-order valence-corrected chi connectivity index (χ0v) is 13.0. The van der Waals surface area contributed by atoms with E-state index in [1.165, 1.54) is 4.88 Å². The van der Waals surface area contributed by atoms with E-state index in [-0.39, 0.29) is 5.56 Å². The van der Waals surface area contributed by atoms with Crippen molar-refractivity contribution >= 4 is 27.3 Å². The van der Waals surface area contributed by atoms with Crippen LogP contribution in [0.3, 0.4) is 0 Å². The quantitative estimate of drug-likeness (QED) is 0.914. The van der Waals surface area contributed by atoms with Crippen molar-refractivity contribution in [3.63, 3.8) is 0 Å². The molecule has 4 nitrogen and oxygen atoms in total. The Morgan fingerprint density at radius 3 is 3.11 bits per heavy atom. The maximum absolute atomic E-state index is 12.0. The molecule has 1 aliphatic rings. The Kier molecular flexibility index (Phi) is 3.56. The summed E-state index contributed by atoms with van der Waals surface area (Å²) in [6.07, 6.45) is 0.854. The zero-order chi connectivity index (χ0) is 13.4. The molecule has 0 saturated heterocycles. The van der Waals surface area contributed by atoms with Gasteiger partial charge in [-0.15, -0.1) is 11.3 Å². The van der Waals surface area contributed by atoms with Crippen molar-refractivity contribution in [3.05, 3.63) is 48.2 Å². The van der Waals surface area contributed by atoms with Crippen LogP contribution in [0.25, 0.3) is 0 Å². The van der Waals surface area contributed by atoms with Crippen LogP contribution in [0, 0.1) is 6.92 Å². The minimum Gasteiger partial charge on any atom is -0.310 e. The number of nitrogens with one attached hydrogen (secondary N) is 1. The highest BCUT2D eigenvalue weighted by Gasteiger charge is 2.20. The van der Waals surface area contributed by atoms with Gasteiger partial charge >= 0.3 is 0 Å². The van der Waals surface area contributed by atoms with Gasteiger partial charge in [-0.3, -0.25) is 9.69 Å². The molecule has 0 aromatic carbocycles. The van der Waals surface area contributed by atoms with Crippen LogP contribution in [0.15, 0.2) is 20.7 Å². The highest BCUT2D eigenvalue weighted by molar-refractivity contribution is 9.11. The number of hydrogen-bond donors (Lipinski definition) is 1. The fraction of sp³-hybridized carbons (Fsp3) is 0.385. The molecule has 0 spiro atoms. The van der Waals surface area contributed by atoms with Crippen LogP contribution >= 0.6 is 27.3 Å². The van der Waals surface area contributed by atoms with E-state index >= 15 is 0 Å². The smallest absolute Gasteiger partial charge is 0.255 e. The van der Waals surface area contributed by atoms with E-state index in [1.807, 2.05) is 6.92 Å². The number of aromatic nitrogens is 2. The number of thiophene rings is 1. The summed E-state index contributed by atoms with van der Waals surface area (Å²) in [5.74, 6) is 0.708. The van der Waals surface area contributed by atoms with Crippen molar-refractivity contribution in [2.75, 3.05) is 6.54 Å². The first-order valence-corrected chi connectivity index (χ1v) is 7.78. The molecule has 1 N–H and O–H groups in total. The van der Waals surface area contributed by atoms with Gasteiger partial charge in [-0.2, -0.15) is 0 Å². The second-order valence-corrected chi connectivity index (χ2v) is 7.29. The summed E-state index contributed by atoms with van der Waals surface area (Å²) in [4.78, 5) is 22.8. The zero-order valence-electron chi connectivity index (χ0n) is 10.6. The van der Waals surface area contributed by atoms with Crippen molar-refractivity contribution in [1.82, 2.24) is 14.9 Å². The fourth-order valence-corrected chi connectivity index (χ4v) is 3.92. The SMILES string of the molecule is Cc1nc2c(c(=O)[nH]1)CN(Cc1ccc(Br)s1)CC2. The average molecular weight is 340 g/mol. The van der Waals surface area contributed by atoms with Gasteiger partial charge in [0.15, 0.2) is 0 Å². The average Bonchev–Trinajstić information content (AvgIpc) is 2.75. The normalized spacial score (nSPS) is 15.5. The number of fused-ring (bicyclic) bond motifs is 1. The molecule has 0 atom stereocenters. The molecule has 3 heterocycles. The number of rotatable bonds is 2. The molecule has 0 fully saturated rings. The van der Waals surface area contributed by atoms with Crippen LogP contribution in [0.4, 0.5) is 0 Å². The summed E-state index contributed by atoms with van der Waals surface area (Å²) in [6, 6.07) is 4.19. The van der Waals surface area contributed by atoms with E-state index in [2.05, 4.69) is 42.9 Å². The van der Waals surface area contributed by atoms with Gasteiger partial charge in [0.05, 0.1) is 15.0 Å². The first-order valence-electron chi connectivity index (χ1n) is 6.17. The number of hydrogen-bond acceptors (Lipinski definition) is 4. The first kappa shape index (κ1) is 13.0. The minimum absolute atomic E-state index is 0.0135. The third-order valence-electron chi connectivity index (χ3n) is 3.27. The summed E-state index contributed by atoms with van der Waals surface area (Å²) in [5, 5.41) is 0. The van der Waals surface area contributed by atoms with E-state index in [1.54, 1.807) is 11.3 Å². The molecular weight excluding hydrogens is 326 g/mol. The lowest BCUT2D eigenvalue weighted by atomic mass is 10.1. The lowest BCUT2D eigenvalue weighted by Crippen LogP contribution is -2.35. The molecule has 100 valence electrons. The molecule has 0 bridgehead atoms. The largest absolute Gasteiger partial charge is 0.310 e. The van der Waals surface area contributed by atoms with E-state index in [9.17, 15) is 4.79 Å². The van der Waals surface area contributed by atoms with Crippen molar-refractivity contribution < 1.29 is 0 Å². The Morgan fingerprint density at radius 1 is 1.53 bits per heavy atom. The number of H-pyrrole nitrogens is 1. The van der Waals surface area contributed by atoms with Gasteiger partial charge in [0.2, 0.25) is 0 Å². The monoisotopic (exact) mass is 339 g/mol. The third kappa shape index (κ3) is 2.80. The standard InChI is InChI=1S/C13H14BrN3OS/c1-8-15-11-4-5-17(7-10(11)13(18)16-8)6-9-2-3-12(14)19-9/h2-3H,4-7H2,1H3,(H,15,16,18). The summed E-state index contributed by atoms with van der Waals surface area (Å²) in [6.45, 7) is 4.37. The van der Waals surface area contributed by atoms with Gasteiger partial charge in [-0.05, 0) is 35.0 Å². The Morgan fingerprint density at radius 2 is 2.37 bits per heavy atom. The number of halogens is 1. The fourth-order valence-electron chi connectivity index (χ4n) is 2.40. The second kappa shape index (κ2) is 5.19. The van der Waals surface area contributed by atoms with Crippen LogP contribution in [-0.4, -0.2) is 21.4 Å². The lowest BCUT2D eigenvalue weighted by Gasteiger charge is -2.27. The van der Waals surface area contributed by atoms with Crippen LogP contribution in [-0.2, 0) is 19.5 Å². The molecule has 0 unspecified atom stereocenters. The summed E-state index contributed by atoms with van der Waals surface area (Å²) < 4.78 is 1.15. The van der Waals surface area contributed by atoms with Crippen LogP contribution in [0.2, 0.25) is 0 Å². The van der Waals surface area contributed by atoms with Gasteiger partial charge in [0.1, 0.15) is 5.82 Å². The second-order valence-electron chi connectivity index (χ2n) is 4.74. The number of aryl methyl sites for hydroxylation is 1. The van der Waals surface area contributed by atoms with Crippen molar-refractivity contribution in [2.24, 2.45) is 0 Å². The van der Waals surface area contributed by atoms with Crippen LogP contribution < -0.4 is 5.56 Å². The van der Waals surface area contributed by atoms with Gasteiger partial charge < -0.3 is 4.98 Å². The van der Waals surface area contributed by atoms with Crippen LogP contribution in [0.1, 0.15) is 22.0 Å². The highest BCUT2D eigenvalue weighted by atomic mass is 79.9. The van der Waals surface area contributed by atoms with Gasteiger partial charge in [0.25, 0.3) is 5.56 Å². The van der Waals surface area contributed by atoms with Crippen molar-refractivity contribution in [1.29, 1.82) is 0 Å². The predicted molar refractivity (Wildman–Crippen MR) is 79.4 cm³/mol. The van der Waals surface area contributed by atoms with Gasteiger partial charge in [0, 0.05) is 30.9 Å². The summed E-state index contributed by atoms with van der Waals surface area (Å²) in [7, 11) is 0. The number of aromatic amines is 1. The topological polar surface area (TPSA) is 49.0 Å². The maximum atomic E-state index is 12.0. The predicted octanol–water partition coefficient (Wildman–Crippen LogP) is 2.46. The molecule has 0 saturated carbocycles. The molecule has 6 heteroatoms. The summed E-state index contributed by atoms with van der Waals surface area (Å²) in [5.41, 5.74) is 1.80. The van der Waals surface area contributed by atoms with E-state index in [4.69, 9.17) is 0 Å². The van der Waals surface area contributed by atoms with Gasteiger partial charge in [-0.1, -0.05) is 0 Å². The minimum atomic E-state index is 0.0135. The highest BCUT2D eigenvalue weighted by Crippen LogP contribution is 2.24. The number of nitrogens with zero attached hydrogens (tertiary/aromatic N) is 2. The van der Waals surface area contributed by atoms with Crippen molar-refractivity contribution in [3.8, 4) is 0 Å². The van der Waals surface area contributed by atoms with E-state index in [0.717, 1.165) is 34.6 Å². The molecule has 0 aliphatic carbocycles. The molecule has 19 heavy (non-hydrogen) atoms. The molecule has 0 radical (unpaired) electrons.